The lowest BCUT2D eigenvalue weighted by atomic mass is 10.0. The minimum absolute atomic E-state index is 0.0582. The first-order chi connectivity index (χ1) is 11.4. The van der Waals surface area contributed by atoms with Gasteiger partial charge in [-0.1, -0.05) is 0 Å². The van der Waals surface area contributed by atoms with E-state index in [9.17, 15) is 22.4 Å². The second-order valence-electron chi connectivity index (χ2n) is 7.38. The molecule has 0 spiro atoms. The summed E-state index contributed by atoms with van der Waals surface area (Å²) in [4.78, 5) is 13.6. The van der Waals surface area contributed by atoms with Crippen LogP contribution in [0.15, 0.2) is 10.2 Å². The van der Waals surface area contributed by atoms with Crippen molar-refractivity contribution in [3.8, 4) is 0 Å². The average molecular weight is 365 g/mol. The number of likely N-dealkylation sites (tertiary alicyclic amines) is 1. The maximum Gasteiger partial charge on any atom is 0.410 e. The molecule has 2 heterocycles. The van der Waals surface area contributed by atoms with E-state index in [4.69, 9.17) is 4.74 Å². The first-order valence-corrected chi connectivity index (χ1v) is 8.27. The highest BCUT2D eigenvalue weighted by Crippen LogP contribution is 2.28. The standard InChI is InChI=1S/C16H23F4N3O2/c1-15(2,3)25-14(24)23-9-10(17)7-13(23)12-8-11(21-22-12)5-4-6-16(18,19)20/h10,13H,4-9H2,1-3H3/t10-,13+/m1/s1. The zero-order chi connectivity index (χ0) is 18.8. The molecule has 0 aromatic heterocycles. The molecular weight excluding hydrogens is 342 g/mol. The molecule has 2 aliphatic rings. The number of nitrogens with zero attached hydrogens (tertiary/aromatic N) is 3. The quantitative estimate of drug-likeness (QED) is 0.699. The summed E-state index contributed by atoms with van der Waals surface area (Å²) in [5, 5.41) is 7.90. The van der Waals surface area contributed by atoms with Gasteiger partial charge in [0.05, 0.1) is 18.3 Å². The van der Waals surface area contributed by atoms with Gasteiger partial charge in [0.25, 0.3) is 0 Å². The minimum atomic E-state index is -4.19. The third-order valence-electron chi connectivity index (χ3n) is 3.89. The average Bonchev–Trinajstić information content (AvgIpc) is 3.01. The first-order valence-electron chi connectivity index (χ1n) is 8.27. The lowest BCUT2D eigenvalue weighted by molar-refractivity contribution is -0.135. The molecule has 1 amide bonds. The van der Waals surface area contributed by atoms with Crippen LogP contribution in [0.5, 0.6) is 0 Å². The minimum Gasteiger partial charge on any atom is -0.444 e. The van der Waals surface area contributed by atoms with Crippen molar-refractivity contribution in [2.45, 2.75) is 76.9 Å². The summed E-state index contributed by atoms with van der Waals surface area (Å²) in [6.45, 7) is 5.08. The van der Waals surface area contributed by atoms with Crippen LogP contribution in [0, 0.1) is 0 Å². The van der Waals surface area contributed by atoms with Crippen LogP contribution in [0.3, 0.4) is 0 Å². The number of hydrogen-bond acceptors (Lipinski definition) is 4. The van der Waals surface area contributed by atoms with Crippen molar-refractivity contribution >= 4 is 17.5 Å². The summed E-state index contributed by atoms with van der Waals surface area (Å²) in [5.41, 5.74) is 0.339. The molecule has 2 atom stereocenters. The summed E-state index contributed by atoms with van der Waals surface area (Å²) in [7, 11) is 0. The predicted octanol–water partition coefficient (Wildman–Crippen LogP) is 4.27. The number of ether oxygens (including phenoxy) is 1. The Kier molecular flexibility index (Phi) is 5.73. The normalized spacial score (nSPS) is 24.4. The Bertz CT molecular complexity index is 567. The number of halogens is 4. The highest BCUT2D eigenvalue weighted by Gasteiger charge is 2.41. The van der Waals surface area contributed by atoms with Crippen molar-refractivity contribution in [1.82, 2.24) is 4.90 Å². The molecule has 0 saturated carbocycles. The topological polar surface area (TPSA) is 54.3 Å². The molecule has 2 rings (SSSR count). The Balaban J connectivity index is 1.91. The molecular formula is C16H23F4N3O2. The second-order valence-corrected chi connectivity index (χ2v) is 7.38. The van der Waals surface area contributed by atoms with Crippen molar-refractivity contribution < 1.29 is 27.1 Å². The van der Waals surface area contributed by atoms with Crippen molar-refractivity contribution in [3.63, 3.8) is 0 Å². The van der Waals surface area contributed by atoms with Crippen LogP contribution < -0.4 is 0 Å². The van der Waals surface area contributed by atoms with Crippen molar-refractivity contribution in [2.24, 2.45) is 10.2 Å². The van der Waals surface area contributed by atoms with Crippen LogP contribution in [0.2, 0.25) is 0 Å². The van der Waals surface area contributed by atoms with Crippen molar-refractivity contribution in [3.05, 3.63) is 0 Å². The van der Waals surface area contributed by atoms with E-state index in [1.807, 2.05) is 0 Å². The molecule has 1 fully saturated rings. The third-order valence-corrected chi connectivity index (χ3v) is 3.89. The largest absolute Gasteiger partial charge is 0.444 e. The third kappa shape index (κ3) is 5.97. The maximum atomic E-state index is 13.8. The van der Waals surface area contributed by atoms with Gasteiger partial charge in [-0.3, -0.25) is 4.90 Å². The van der Waals surface area contributed by atoms with E-state index < -0.39 is 36.5 Å². The molecule has 25 heavy (non-hydrogen) atoms. The number of rotatable bonds is 4. The smallest absolute Gasteiger partial charge is 0.410 e. The fraction of sp³-hybridized carbons (Fsp3) is 0.812. The first kappa shape index (κ1) is 19.7. The zero-order valence-electron chi connectivity index (χ0n) is 14.6. The Morgan fingerprint density at radius 1 is 1.28 bits per heavy atom. The van der Waals surface area contributed by atoms with E-state index in [0.29, 0.717) is 11.4 Å². The van der Waals surface area contributed by atoms with E-state index in [0.717, 1.165) is 0 Å². The highest BCUT2D eigenvalue weighted by atomic mass is 19.4. The molecule has 0 aromatic carbocycles. The molecule has 0 bridgehead atoms. The van der Waals surface area contributed by atoms with Gasteiger partial charge in [-0.15, -0.1) is 0 Å². The Hall–Kier alpha value is -1.67. The maximum absolute atomic E-state index is 13.8. The molecule has 0 radical (unpaired) electrons. The van der Waals surface area contributed by atoms with E-state index in [2.05, 4.69) is 10.2 Å². The second kappa shape index (κ2) is 7.29. The summed E-state index contributed by atoms with van der Waals surface area (Å²) in [6.07, 6.45) is -6.37. The number of hydrogen-bond donors (Lipinski definition) is 0. The number of alkyl halides is 4. The summed E-state index contributed by atoms with van der Waals surface area (Å²) in [5.74, 6) is 0. The molecule has 1 saturated heterocycles. The highest BCUT2D eigenvalue weighted by molar-refractivity contribution is 6.10. The molecule has 9 heteroatoms. The number of carbonyl (C=O) groups is 1. The van der Waals surface area contributed by atoms with Crippen LogP contribution in [0.4, 0.5) is 22.4 Å². The van der Waals surface area contributed by atoms with Gasteiger partial charge < -0.3 is 4.74 Å². The van der Waals surface area contributed by atoms with Gasteiger partial charge in [0, 0.05) is 25.0 Å². The van der Waals surface area contributed by atoms with E-state index in [1.54, 1.807) is 20.8 Å². The van der Waals surface area contributed by atoms with Crippen molar-refractivity contribution in [1.29, 1.82) is 0 Å². The lowest BCUT2D eigenvalue weighted by Crippen LogP contribution is -2.43. The number of carbonyl (C=O) groups excluding carboxylic acids is 1. The Labute approximate surface area is 144 Å². The molecule has 2 aliphatic heterocycles. The monoisotopic (exact) mass is 365 g/mol. The molecule has 142 valence electrons. The summed E-state index contributed by atoms with van der Waals surface area (Å²) in [6, 6.07) is -0.561. The molecule has 0 aromatic rings. The summed E-state index contributed by atoms with van der Waals surface area (Å²) >= 11 is 0. The van der Waals surface area contributed by atoms with Gasteiger partial charge in [-0.05, 0) is 33.6 Å². The van der Waals surface area contributed by atoms with Gasteiger partial charge in [0.2, 0.25) is 0 Å². The fourth-order valence-corrected chi connectivity index (χ4v) is 2.85. The van der Waals surface area contributed by atoms with E-state index in [-0.39, 0.29) is 32.2 Å². The Morgan fingerprint density at radius 2 is 1.96 bits per heavy atom. The number of amides is 1. The van der Waals surface area contributed by atoms with Crippen LogP contribution >= 0.6 is 0 Å². The molecule has 5 nitrogen and oxygen atoms in total. The van der Waals surface area contributed by atoms with Crippen LogP contribution in [-0.2, 0) is 4.74 Å². The van der Waals surface area contributed by atoms with E-state index >= 15 is 0 Å². The van der Waals surface area contributed by atoms with Crippen LogP contribution in [0.25, 0.3) is 0 Å². The lowest BCUT2D eigenvalue weighted by Gasteiger charge is -2.28. The zero-order valence-corrected chi connectivity index (χ0v) is 14.6. The van der Waals surface area contributed by atoms with Crippen molar-refractivity contribution in [2.75, 3.05) is 6.54 Å². The summed E-state index contributed by atoms with van der Waals surface area (Å²) < 4.78 is 55.7. The fourth-order valence-electron chi connectivity index (χ4n) is 2.85. The van der Waals surface area contributed by atoms with Crippen LogP contribution in [-0.4, -0.2) is 53.0 Å². The van der Waals surface area contributed by atoms with E-state index in [1.165, 1.54) is 4.90 Å². The Morgan fingerprint density at radius 3 is 2.56 bits per heavy atom. The van der Waals surface area contributed by atoms with Crippen LogP contribution in [0.1, 0.15) is 52.9 Å². The molecule has 0 aliphatic carbocycles. The molecule has 0 N–H and O–H groups in total. The van der Waals surface area contributed by atoms with Gasteiger partial charge in [0.15, 0.2) is 0 Å². The van der Waals surface area contributed by atoms with Gasteiger partial charge >= 0.3 is 12.3 Å². The van der Waals surface area contributed by atoms with Gasteiger partial charge in [-0.25, -0.2) is 9.18 Å². The SMILES string of the molecule is CC(C)(C)OC(=O)N1C[C@H](F)C[C@H]1C1=NN=C(CCCC(F)(F)F)C1. The van der Waals surface area contributed by atoms with Gasteiger partial charge in [-0.2, -0.15) is 23.4 Å². The molecule has 0 unspecified atom stereocenters. The van der Waals surface area contributed by atoms with Gasteiger partial charge in [0.1, 0.15) is 11.8 Å². The predicted molar refractivity (Wildman–Crippen MR) is 85.6 cm³/mol.